The van der Waals surface area contributed by atoms with Gasteiger partial charge in [-0.05, 0) is 55.0 Å². The summed E-state index contributed by atoms with van der Waals surface area (Å²) < 4.78 is 0. The van der Waals surface area contributed by atoms with Gasteiger partial charge in [0.25, 0.3) is 5.91 Å². The molecule has 1 amide bonds. The normalized spacial score (nSPS) is 22.6. The number of phenolic OH excluding ortho intramolecular Hbond substituents is 1. The number of rotatable bonds is 1. The Morgan fingerprint density at radius 2 is 2.00 bits per heavy atom. The Hall–Kier alpha value is -2.00. The van der Waals surface area contributed by atoms with Crippen LogP contribution < -0.4 is 0 Å². The number of fused-ring (bicyclic) bond motifs is 3. The van der Waals surface area contributed by atoms with Crippen molar-refractivity contribution in [3.63, 3.8) is 0 Å². The van der Waals surface area contributed by atoms with Crippen LogP contribution in [0.1, 0.15) is 46.7 Å². The molecule has 0 unspecified atom stereocenters. The number of aryl methyl sites for hydroxylation is 1. The van der Waals surface area contributed by atoms with Gasteiger partial charge in [-0.25, -0.2) is 0 Å². The lowest BCUT2D eigenvalue weighted by Gasteiger charge is -2.45. The van der Waals surface area contributed by atoms with Crippen LogP contribution in [0.15, 0.2) is 42.5 Å². The van der Waals surface area contributed by atoms with Gasteiger partial charge in [0.15, 0.2) is 0 Å². The molecule has 0 bridgehead atoms. The van der Waals surface area contributed by atoms with Crippen molar-refractivity contribution in [1.29, 1.82) is 0 Å². The summed E-state index contributed by atoms with van der Waals surface area (Å²) in [7, 11) is 0. The van der Waals surface area contributed by atoms with Gasteiger partial charge in [-0.15, -0.1) is 0 Å². The van der Waals surface area contributed by atoms with Gasteiger partial charge in [0.05, 0.1) is 5.02 Å². The maximum atomic E-state index is 13.0. The van der Waals surface area contributed by atoms with Gasteiger partial charge in [-0.1, -0.05) is 35.9 Å². The Morgan fingerprint density at radius 1 is 1.17 bits per heavy atom. The Morgan fingerprint density at radius 3 is 2.83 bits per heavy atom. The predicted molar refractivity (Wildman–Crippen MR) is 94.7 cm³/mol. The Labute approximate surface area is 146 Å². The summed E-state index contributed by atoms with van der Waals surface area (Å²) >= 11 is 5.98. The zero-order valence-electron chi connectivity index (χ0n) is 13.4. The number of hydrogen-bond acceptors (Lipinski definition) is 2. The van der Waals surface area contributed by atoms with E-state index in [0.29, 0.717) is 11.5 Å². The van der Waals surface area contributed by atoms with Crippen LogP contribution >= 0.6 is 11.6 Å². The van der Waals surface area contributed by atoms with E-state index in [9.17, 15) is 9.90 Å². The second kappa shape index (κ2) is 6.14. The van der Waals surface area contributed by atoms with Crippen molar-refractivity contribution in [2.75, 3.05) is 6.54 Å². The molecule has 1 heterocycles. The Kier molecular flexibility index (Phi) is 3.97. The zero-order valence-corrected chi connectivity index (χ0v) is 14.2. The van der Waals surface area contributed by atoms with Gasteiger partial charge in [0, 0.05) is 24.1 Å². The van der Waals surface area contributed by atoms with Crippen LogP contribution in [0.25, 0.3) is 0 Å². The molecular formula is C20H20ClNO2. The molecule has 1 aliphatic carbocycles. The molecule has 1 aliphatic heterocycles. The third-order valence-electron chi connectivity index (χ3n) is 5.40. The van der Waals surface area contributed by atoms with E-state index in [2.05, 4.69) is 24.3 Å². The topological polar surface area (TPSA) is 40.5 Å². The molecule has 1 N–H and O–H groups in total. The van der Waals surface area contributed by atoms with Gasteiger partial charge >= 0.3 is 0 Å². The van der Waals surface area contributed by atoms with Gasteiger partial charge in [-0.3, -0.25) is 4.79 Å². The van der Waals surface area contributed by atoms with E-state index in [-0.39, 0.29) is 22.7 Å². The molecular weight excluding hydrogens is 322 g/mol. The van der Waals surface area contributed by atoms with Crippen molar-refractivity contribution in [3.05, 3.63) is 64.2 Å². The van der Waals surface area contributed by atoms with E-state index >= 15 is 0 Å². The fourth-order valence-corrected chi connectivity index (χ4v) is 4.44. The number of benzene rings is 2. The van der Waals surface area contributed by atoms with Gasteiger partial charge < -0.3 is 10.0 Å². The highest BCUT2D eigenvalue weighted by atomic mass is 35.5. The predicted octanol–water partition coefficient (Wildman–Crippen LogP) is 4.38. The number of aromatic hydroxyl groups is 1. The average Bonchev–Trinajstić information content (AvgIpc) is 2.62. The standard InChI is InChI=1S/C20H20ClNO2/c21-17-12-14(8-10-19(17)23)20(24)22-11-3-6-16-15-5-2-1-4-13(15)7-9-18(16)22/h1-2,4-5,8,10,12,16,18,23H,3,6-7,9,11H2/t16-,18+/m1/s1. The van der Waals surface area contributed by atoms with Crippen LogP contribution in [-0.4, -0.2) is 28.5 Å². The maximum Gasteiger partial charge on any atom is 0.254 e. The van der Waals surface area contributed by atoms with Crippen LogP contribution in [0, 0.1) is 0 Å². The molecule has 0 spiro atoms. The van der Waals surface area contributed by atoms with E-state index in [1.807, 2.05) is 4.90 Å². The van der Waals surface area contributed by atoms with E-state index < -0.39 is 0 Å². The van der Waals surface area contributed by atoms with Crippen molar-refractivity contribution < 1.29 is 9.90 Å². The number of likely N-dealkylation sites (tertiary alicyclic amines) is 1. The molecule has 1 fully saturated rings. The van der Waals surface area contributed by atoms with Crippen LogP contribution in [0.3, 0.4) is 0 Å². The lowest BCUT2D eigenvalue weighted by Crippen LogP contribution is -2.49. The van der Waals surface area contributed by atoms with Gasteiger partial charge in [-0.2, -0.15) is 0 Å². The fraction of sp³-hybridized carbons (Fsp3) is 0.350. The van der Waals surface area contributed by atoms with Crippen molar-refractivity contribution >= 4 is 17.5 Å². The molecule has 2 aromatic rings. The third kappa shape index (κ3) is 2.57. The summed E-state index contributed by atoms with van der Waals surface area (Å²) in [5, 5.41) is 9.80. The maximum absolute atomic E-state index is 13.0. The minimum absolute atomic E-state index is 0.0105. The minimum Gasteiger partial charge on any atom is -0.506 e. The van der Waals surface area contributed by atoms with E-state index in [0.717, 1.165) is 32.2 Å². The molecule has 2 aliphatic rings. The summed E-state index contributed by atoms with van der Waals surface area (Å²) in [6.45, 7) is 0.792. The van der Waals surface area contributed by atoms with Crippen LogP contribution in [0.5, 0.6) is 5.75 Å². The van der Waals surface area contributed by atoms with Crippen LogP contribution in [0.2, 0.25) is 5.02 Å². The number of hydrogen-bond donors (Lipinski definition) is 1. The second-order valence-electron chi connectivity index (χ2n) is 6.72. The lowest BCUT2D eigenvalue weighted by atomic mass is 9.74. The van der Waals surface area contributed by atoms with Gasteiger partial charge in [0.2, 0.25) is 0 Å². The molecule has 4 heteroatoms. The summed E-state index contributed by atoms with van der Waals surface area (Å²) in [6, 6.07) is 13.6. The Balaban J connectivity index is 1.64. The summed E-state index contributed by atoms with van der Waals surface area (Å²) in [5.41, 5.74) is 3.40. The first-order valence-corrected chi connectivity index (χ1v) is 8.90. The number of amides is 1. The molecule has 0 aromatic heterocycles. The minimum atomic E-state index is 0.0105. The second-order valence-corrected chi connectivity index (χ2v) is 7.13. The highest BCUT2D eigenvalue weighted by Gasteiger charge is 2.38. The monoisotopic (exact) mass is 341 g/mol. The average molecular weight is 342 g/mol. The molecule has 2 aromatic carbocycles. The number of carbonyl (C=O) groups is 1. The first-order chi connectivity index (χ1) is 11.6. The smallest absolute Gasteiger partial charge is 0.254 e. The van der Waals surface area contributed by atoms with E-state index in [4.69, 9.17) is 11.6 Å². The summed E-state index contributed by atoms with van der Waals surface area (Å²) in [4.78, 5) is 15.0. The van der Waals surface area contributed by atoms with Crippen LogP contribution in [0.4, 0.5) is 0 Å². The van der Waals surface area contributed by atoms with Crippen molar-refractivity contribution in [3.8, 4) is 5.75 Å². The van der Waals surface area contributed by atoms with E-state index in [1.165, 1.54) is 17.2 Å². The lowest BCUT2D eigenvalue weighted by molar-refractivity contribution is 0.0547. The van der Waals surface area contributed by atoms with Crippen molar-refractivity contribution in [1.82, 2.24) is 4.90 Å². The van der Waals surface area contributed by atoms with Crippen LogP contribution in [-0.2, 0) is 6.42 Å². The highest BCUT2D eigenvalue weighted by molar-refractivity contribution is 6.32. The number of carbonyl (C=O) groups excluding carboxylic acids is 1. The molecule has 1 saturated heterocycles. The number of phenols is 1. The molecule has 124 valence electrons. The molecule has 0 saturated carbocycles. The van der Waals surface area contributed by atoms with Crippen molar-refractivity contribution in [2.24, 2.45) is 0 Å². The Bertz CT molecular complexity index is 789. The van der Waals surface area contributed by atoms with Crippen molar-refractivity contribution in [2.45, 2.75) is 37.6 Å². The highest BCUT2D eigenvalue weighted by Crippen LogP contribution is 2.41. The molecule has 24 heavy (non-hydrogen) atoms. The molecule has 3 nitrogen and oxygen atoms in total. The largest absolute Gasteiger partial charge is 0.506 e. The molecule has 2 atom stereocenters. The zero-order chi connectivity index (χ0) is 16.7. The quantitative estimate of drug-likeness (QED) is 0.836. The SMILES string of the molecule is O=C(c1ccc(O)c(Cl)c1)N1CCC[C@@H]2c3ccccc3CC[C@@H]21. The number of halogens is 1. The van der Waals surface area contributed by atoms with Gasteiger partial charge in [0.1, 0.15) is 5.75 Å². The molecule has 0 radical (unpaired) electrons. The molecule has 4 rings (SSSR count). The first-order valence-electron chi connectivity index (χ1n) is 8.52. The summed E-state index contributed by atoms with van der Waals surface area (Å²) in [5.74, 6) is 0.461. The number of nitrogens with zero attached hydrogens (tertiary/aromatic N) is 1. The fourth-order valence-electron chi connectivity index (χ4n) is 4.26. The number of piperidine rings is 1. The first kappa shape index (κ1) is 15.5. The third-order valence-corrected chi connectivity index (χ3v) is 5.70. The van der Waals surface area contributed by atoms with E-state index in [1.54, 1.807) is 12.1 Å². The summed E-state index contributed by atoms with van der Waals surface area (Å²) in [6.07, 6.45) is 4.20.